The molecule has 1 aliphatic carbocycles. The molecular formula is C11H13ClO2S. The predicted octanol–water partition coefficient (Wildman–Crippen LogP) is 2.93. The van der Waals surface area contributed by atoms with Crippen molar-refractivity contribution in [2.24, 2.45) is 17.8 Å². The van der Waals surface area contributed by atoms with Gasteiger partial charge < -0.3 is 9.47 Å². The van der Waals surface area contributed by atoms with Crippen LogP contribution in [0.4, 0.5) is 0 Å². The van der Waals surface area contributed by atoms with Gasteiger partial charge in [0.15, 0.2) is 5.06 Å². The number of hydrogen-bond donors (Lipinski definition) is 0. The van der Waals surface area contributed by atoms with Gasteiger partial charge in [0, 0.05) is 4.88 Å². The number of alkyl halides is 1. The third kappa shape index (κ3) is 1.57. The van der Waals surface area contributed by atoms with E-state index in [0.29, 0.717) is 17.8 Å². The minimum Gasteiger partial charge on any atom is -0.487 e. The molecule has 2 fully saturated rings. The first-order chi connectivity index (χ1) is 7.31. The van der Waals surface area contributed by atoms with Gasteiger partial charge >= 0.3 is 0 Å². The average molecular weight is 245 g/mol. The number of thiophene rings is 1. The summed E-state index contributed by atoms with van der Waals surface area (Å²) in [7, 11) is 1.69. The van der Waals surface area contributed by atoms with Crippen molar-refractivity contribution >= 4 is 22.9 Å². The van der Waals surface area contributed by atoms with Crippen molar-refractivity contribution in [3.05, 3.63) is 17.0 Å². The standard InChI is InChI=1S/C11H13ClO2S/c1-13-9-3-2-8(15-9)11(12)10-6-4-14-5-7(6)10/h2-3,6-7,10-11H,4-5H2,1H3. The second-order valence-electron chi connectivity index (χ2n) is 4.21. The zero-order valence-electron chi connectivity index (χ0n) is 8.48. The summed E-state index contributed by atoms with van der Waals surface area (Å²) in [4.78, 5) is 1.23. The number of rotatable bonds is 3. The summed E-state index contributed by atoms with van der Waals surface area (Å²) in [6, 6.07) is 4.07. The van der Waals surface area contributed by atoms with Crippen molar-refractivity contribution in [3.63, 3.8) is 0 Å². The van der Waals surface area contributed by atoms with Crippen LogP contribution in [0.15, 0.2) is 12.1 Å². The first kappa shape index (κ1) is 9.94. The zero-order valence-corrected chi connectivity index (χ0v) is 10.1. The average Bonchev–Trinajstić information content (AvgIpc) is 2.73. The molecule has 1 aromatic heterocycles. The van der Waals surface area contributed by atoms with Gasteiger partial charge in [0.05, 0.1) is 25.7 Å². The van der Waals surface area contributed by atoms with Crippen LogP contribution in [0.2, 0.25) is 0 Å². The molecule has 0 N–H and O–H groups in total. The molecule has 1 aliphatic heterocycles. The molecule has 4 heteroatoms. The minimum absolute atomic E-state index is 0.151. The number of hydrogen-bond acceptors (Lipinski definition) is 3. The van der Waals surface area contributed by atoms with E-state index in [1.54, 1.807) is 18.4 Å². The molecule has 1 saturated carbocycles. The summed E-state index contributed by atoms with van der Waals surface area (Å²) in [5.41, 5.74) is 0. The summed E-state index contributed by atoms with van der Waals surface area (Å²) in [5, 5.41) is 1.09. The molecule has 15 heavy (non-hydrogen) atoms. The molecule has 0 bridgehead atoms. The number of halogens is 1. The molecule has 2 heterocycles. The highest BCUT2D eigenvalue weighted by molar-refractivity contribution is 7.14. The molecule has 1 saturated heterocycles. The van der Waals surface area contributed by atoms with Gasteiger partial charge in [-0.3, -0.25) is 0 Å². The van der Waals surface area contributed by atoms with Crippen molar-refractivity contribution in [2.45, 2.75) is 5.38 Å². The molecule has 1 aromatic rings. The van der Waals surface area contributed by atoms with Gasteiger partial charge in [-0.2, -0.15) is 0 Å². The van der Waals surface area contributed by atoms with Crippen molar-refractivity contribution in [2.75, 3.05) is 20.3 Å². The number of methoxy groups -OCH3 is 1. The van der Waals surface area contributed by atoms with E-state index in [0.717, 1.165) is 18.3 Å². The lowest BCUT2D eigenvalue weighted by molar-refractivity contribution is 0.150. The Balaban J connectivity index is 1.72. The van der Waals surface area contributed by atoms with E-state index in [-0.39, 0.29) is 5.38 Å². The Morgan fingerprint density at radius 3 is 2.80 bits per heavy atom. The fourth-order valence-electron chi connectivity index (χ4n) is 2.50. The first-order valence-corrected chi connectivity index (χ1v) is 6.42. The normalized spacial score (nSPS) is 34.9. The molecular weight excluding hydrogens is 232 g/mol. The smallest absolute Gasteiger partial charge is 0.173 e. The highest BCUT2D eigenvalue weighted by Gasteiger charge is 2.57. The van der Waals surface area contributed by atoms with Gasteiger partial charge in [-0.05, 0) is 29.9 Å². The Morgan fingerprint density at radius 2 is 2.20 bits per heavy atom. The largest absolute Gasteiger partial charge is 0.487 e. The van der Waals surface area contributed by atoms with Gasteiger partial charge in [0.2, 0.25) is 0 Å². The Hall–Kier alpha value is -0.250. The highest BCUT2D eigenvalue weighted by atomic mass is 35.5. The van der Waals surface area contributed by atoms with Gasteiger partial charge in [0.1, 0.15) is 0 Å². The fraction of sp³-hybridized carbons (Fsp3) is 0.636. The quantitative estimate of drug-likeness (QED) is 0.762. The van der Waals surface area contributed by atoms with Crippen LogP contribution in [0.3, 0.4) is 0 Å². The van der Waals surface area contributed by atoms with E-state index in [1.807, 2.05) is 6.07 Å². The Morgan fingerprint density at radius 1 is 1.47 bits per heavy atom. The van der Waals surface area contributed by atoms with Crippen LogP contribution in [0.25, 0.3) is 0 Å². The molecule has 0 radical (unpaired) electrons. The lowest BCUT2D eigenvalue weighted by Gasteiger charge is -2.09. The van der Waals surface area contributed by atoms with E-state index in [1.165, 1.54) is 4.88 Å². The molecule has 0 spiro atoms. The van der Waals surface area contributed by atoms with E-state index >= 15 is 0 Å². The number of ether oxygens (including phenoxy) is 2. The van der Waals surface area contributed by atoms with Gasteiger partial charge in [-0.25, -0.2) is 0 Å². The third-order valence-corrected chi connectivity index (χ3v) is 5.22. The van der Waals surface area contributed by atoms with Crippen molar-refractivity contribution in [3.8, 4) is 5.06 Å². The van der Waals surface area contributed by atoms with Gasteiger partial charge in [-0.15, -0.1) is 22.9 Å². The maximum Gasteiger partial charge on any atom is 0.173 e. The van der Waals surface area contributed by atoms with Crippen LogP contribution in [0.5, 0.6) is 5.06 Å². The molecule has 0 aromatic carbocycles. The van der Waals surface area contributed by atoms with E-state index in [4.69, 9.17) is 21.1 Å². The molecule has 82 valence electrons. The highest BCUT2D eigenvalue weighted by Crippen LogP contribution is 2.59. The maximum absolute atomic E-state index is 6.48. The Labute approximate surface area is 98.1 Å². The summed E-state index contributed by atoms with van der Waals surface area (Å²) in [6.45, 7) is 1.81. The summed E-state index contributed by atoms with van der Waals surface area (Å²) < 4.78 is 10.5. The van der Waals surface area contributed by atoms with Crippen LogP contribution in [-0.2, 0) is 4.74 Å². The Kier molecular flexibility index (Phi) is 2.42. The van der Waals surface area contributed by atoms with Crippen molar-refractivity contribution in [1.82, 2.24) is 0 Å². The zero-order chi connectivity index (χ0) is 10.4. The van der Waals surface area contributed by atoms with E-state index in [2.05, 4.69) is 6.07 Å². The van der Waals surface area contributed by atoms with Crippen LogP contribution >= 0.6 is 22.9 Å². The summed E-state index contributed by atoms with van der Waals surface area (Å²) in [5.74, 6) is 2.05. The van der Waals surface area contributed by atoms with Crippen LogP contribution < -0.4 is 4.74 Å². The monoisotopic (exact) mass is 244 g/mol. The van der Waals surface area contributed by atoms with Crippen LogP contribution in [0, 0.1) is 17.8 Å². The summed E-state index contributed by atoms with van der Waals surface area (Å²) >= 11 is 8.13. The lowest BCUT2D eigenvalue weighted by Crippen LogP contribution is -2.02. The van der Waals surface area contributed by atoms with Crippen molar-refractivity contribution < 1.29 is 9.47 Å². The minimum atomic E-state index is 0.151. The first-order valence-electron chi connectivity index (χ1n) is 5.17. The molecule has 2 nitrogen and oxygen atoms in total. The molecule has 3 rings (SSSR count). The molecule has 2 aliphatic rings. The van der Waals surface area contributed by atoms with E-state index < -0.39 is 0 Å². The molecule has 0 amide bonds. The fourth-order valence-corrected chi connectivity index (χ4v) is 3.94. The molecule has 3 atom stereocenters. The van der Waals surface area contributed by atoms with Crippen LogP contribution in [0.1, 0.15) is 10.3 Å². The Bertz CT molecular complexity index is 355. The van der Waals surface area contributed by atoms with Gasteiger partial charge in [-0.1, -0.05) is 0 Å². The molecule has 3 unspecified atom stereocenters. The van der Waals surface area contributed by atoms with Crippen LogP contribution in [-0.4, -0.2) is 20.3 Å². The third-order valence-electron chi connectivity index (χ3n) is 3.43. The maximum atomic E-state index is 6.48. The van der Waals surface area contributed by atoms with Crippen molar-refractivity contribution in [1.29, 1.82) is 0 Å². The number of fused-ring (bicyclic) bond motifs is 1. The second kappa shape index (κ2) is 3.65. The second-order valence-corrected chi connectivity index (χ2v) is 5.75. The lowest BCUT2D eigenvalue weighted by atomic mass is 10.2. The van der Waals surface area contributed by atoms with E-state index in [9.17, 15) is 0 Å². The SMILES string of the molecule is COc1ccc(C(Cl)C2C3COCC32)s1. The van der Waals surface area contributed by atoms with Gasteiger partial charge in [0.25, 0.3) is 0 Å². The predicted molar refractivity (Wildman–Crippen MR) is 60.8 cm³/mol. The summed E-state index contributed by atoms with van der Waals surface area (Å²) in [6.07, 6.45) is 0. The topological polar surface area (TPSA) is 18.5 Å².